The molecule has 182 valence electrons. The Bertz CT molecular complexity index is 896. The summed E-state index contributed by atoms with van der Waals surface area (Å²) in [6, 6.07) is 8.72. The first-order valence-corrected chi connectivity index (χ1v) is 10.8. The summed E-state index contributed by atoms with van der Waals surface area (Å²) in [4.78, 5) is 2.14. The predicted octanol–water partition coefficient (Wildman–Crippen LogP) is 6.11. The molecule has 1 N–H and O–H groups in total. The number of aryl methyl sites for hydroxylation is 1. The number of para-hydroxylation sites is 1. The van der Waals surface area contributed by atoms with E-state index < -0.39 is 23.5 Å². The fourth-order valence-electron chi connectivity index (χ4n) is 4.47. The highest BCUT2D eigenvalue weighted by Gasteiger charge is 2.37. The van der Waals surface area contributed by atoms with Crippen LogP contribution in [-0.4, -0.2) is 36.8 Å². The van der Waals surface area contributed by atoms with Gasteiger partial charge in [-0.15, -0.1) is 0 Å². The Morgan fingerprint density at radius 3 is 2.24 bits per heavy atom. The van der Waals surface area contributed by atoms with E-state index in [-0.39, 0.29) is 36.6 Å². The third-order valence-electron chi connectivity index (χ3n) is 6.10. The SMILES string of the molecule is COc1ccccc1C(CCc1cc(C(F)(F)F)cc(C(F)(F)F)c1)N1CCCC(CO)C1. The summed E-state index contributed by atoms with van der Waals surface area (Å²) in [6.07, 6.45) is -7.71. The van der Waals surface area contributed by atoms with Crippen LogP contribution in [0, 0.1) is 5.92 Å². The minimum atomic E-state index is -4.88. The molecule has 0 aromatic heterocycles. The van der Waals surface area contributed by atoms with Gasteiger partial charge in [-0.2, -0.15) is 26.3 Å². The Balaban J connectivity index is 1.94. The first kappa shape index (κ1) is 25.4. The van der Waals surface area contributed by atoms with Gasteiger partial charge in [0.2, 0.25) is 0 Å². The van der Waals surface area contributed by atoms with Crippen LogP contribution >= 0.6 is 0 Å². The average Bonchev–Trinajstić information content (AvgIpc) is 2.78. The van der Waals surface area contributed by atoms with Gasteiger partial charge in [0.05, 0.1) is 18.2 Å². The van der Waals surface area contributed by atoms with E-state index in [0.29, 0.717) is 18.7 Å². The monoisotopic (exact) mass is 475 g/mol. The molecule has 2 aromatic carbocycles. The number of likely N-dealkylation sites (tertiary alicyclic amines) is 1. The van der Waals surface area contributed by atoms with Crippen LogP contribution in [0.25, 0.3) is 0 Å². The number of hydrogen-bond donors (Lipinski definition) is 1. The summed E-state index contributed by atoms with van der Waals surface area (Å²) in [5.41, 5.74) is -1.81. The van der Waals surface area contributed by atoms with Crippen LogP contribution in [-0.2, 0) is 18.8 Å². The summed E-state index contributed by atoms with van der Waals surface area (Å²) in [7, 11) is 1.52. The molecule has 3 nitrogen and oxygen atoms in total. The Morgan fingerprint density at radius 1 is 1.03 bits per heavy atom. The first-order valence-electron chi connectivity index (χ1n) is 10.8. The van der Waals surface area contributed by atoms with E-state index in [0.717, 1.165) is 37.1 Å². The van der Waals surface area contributed by atoms with Crippen LogP contribution in [0.2, 0.25) is 0 Å². The lowest BCUT2D eigenvalue weighted by Crippen LogP contribution is -2.39. The zero-order valence-corrected chi connectivity index (χ0v) is 18.2. The predicted molar refractivity (Wildman–Crippen MR) is 112 cm³/mol. The van der Waals surface area contributed by atoms with Crippen LogP contribution in [0.3, 0.4) is 0 Å². The van der Waals surface area contributed by atoms with Crippen molar-refractivity contribution < 1.29 is 36.2 Å². The van der Waals surface area contributed by atoms with E-state index in [1.807, 2.05) is 12.1 Å². The number of rotatable bonds is 7. The maximum absolute atomic E-state index is 13.3. The van der Waals surface area contributed by atoms with Gasteiger partial charge in [-0.25, -0.2) is 0 Å². The molecule has 2 unspecified atom stereocenters. The fourth-order valence-corrected chi connectivity index (χ4v) is 4.47. The molecule has 1 saturated heterocycles. The highest BCUT2D eigenvalue weighted by molar-refractivity contribution is 5.37. The average molecular weight is 475 g/mol. The molecule has 3 rings (SSSR count). The van der Waals surface area contributed by atoms with Crippen molar-refractivity contribution >= 4 is 0 Å². The number of alkyl halides is 6. The van der Waals surface area contributed by atoms with Crippen LogP contribution in [0.1, 0.15) is 47.6 Å². The van der Waals surface area contributed by atoms with Crippen molar-refractivity contribution in [2.24, 2.45) is 5.92 Å². The van der Waals surface area contributed by atoms with Crippen molar-refractivity contribution in [1.82, 2.24) is 4.90 Å². The number of hydrogen-bond acceptors (Lipinski definition) is 3. The zero-order valence-electron chi connectivity index (χ0n) is 18.2. The second kappa shape index (κ2) is 10.3. The third kappa shape index (κ3) is 6.41. The van der Waals surface area contributed by atoms with E-state index >= 15 is 0 Å². The number of benzene rings is 2. The molecule has 9 heteroatoms. The first-order chi connectivity index (χ1) is 15.5. The van der Waals surface area contributed by atoms with E-state index in [9.17, 15) is 31.4 Å². The molecule has 1 fully saturated rings. The Labute approximate surface area is 189 Å². The summed E-state index contributed by atoms with van der Waals surface area (Å²) in [5, 5.41) is 9.62. The fraction of sp³-hybridized carbons (Fsp3) is 0.500. The standard InChI is InChI=1S/C24H27F6NO2/c1-33-22-7-3-2-6-20(22)21(31-10-4-5-17(14-31)15-32)9-8-16-11-18(23(25,26)27)13-19(12-16)24(28,29)30/h2-3,6-7,11-13,17,21,32H,4-5,8-10,14-15H2,1H3. The molecule has 0 aliphatic carbocycles. The Morgan fingerprint density at radius 2 is 1.67 bits per heavy atom. The van der Waals surface area contributed by atoms with Crippen molar-refractivity contribution in [1.29, 1.82) is 0 Å². The Kier molecular flexibility index (Phi) is 7.95. The van der Waals surface area contributed by atoms with Crippen molar-refractivity contribution in [2.75, 3.05) is 26.8 Å². The van der Waals surface area contributed by atoms with Gasteiger partial charge in [0.15, 0.2) is 0 Å². The second-order valence-electron chi connectivity index (χ2n) is 8.40. The number of piperidine rings is 1. The van der Waals surface area contributed by atoms with E-state index in [4.69, 9.17) is 4.74 Å². The molecule has 1 heterocycles. The molecular weight excluding hydrogens is 448 g/mol. The molecule has 0 bridgehead atoms. The van der Waals surface area contributed by atoms with Gasteiger partial charge in [-0.05, 0) is 68.0 Å². The van der Waals surface area contributed by atoms with Gasteiger partial charge in [-0.3, -0.25) is 4.90 Å². The Hall–Kier alpha value is -2.26. The highest BCUT2D eigenvalue weighted by atomic mass is 19.4. The third-order valence-corrected chi connectivity index (χ3v) is 6.10. The molecule has 2 aromatic rings. The largest absolute Gasteiger partial charge is 0.496 e. The number of methoxy groups -OCH3 is 1. The molecule has 1 aliphatic rings. The molecule has 0 amide bonds. The zero-order chi connectivity index (χ0) is 24.2. The number of ether oxygens (including phenoxy) is 1. The molecule has 0 radical (unpaired) electrons. The van der Waals surface area contributed by atoms with Crippen LogP contribution in [0.5, 0.6) is 5.75 Å². The topological polar surface area (TPSA) is 32.7 Å². The van der Waals surface area contributed by atoms with E-state index in [1.165, 1.54) is 7.11 Å². The van der Waals surface area contributed by atoms with Crippen molar-refractivity contribution in [3.63, 3.8) is 0 Å². The quantitative estimate of drug-likeness (QED) is 0.491. The van der Waals surface area contributed by atoms with Crippen LogP contribution in [0.15, 0.2) is 42.5 Å². The number of nitrogens with zero attached hydrogens (tertiary/aromatic N) is 1. The summed E-state index contributed by atoms with van der Waals surface area (Å²) in [6.45, 7) is 1.34. The lowest BCUT2D eigenvalue weighted by Gasteiger charge is -2.38. The van der Waals surface area contributed by atoms with Gasteiger partial charge in [-0.1, -0.05) is 18.2 Å². The van der Waals surface area contributed by atoms with Crippen LogP contribution in [0.4, 0.5) is 26.3 Å². The molecule has 0 saturated carbocycles. The molecule has 1 aliphatic heterocycles. The maximum atomic E-state index is 13.3. The van der Waals surface area contributed by atoms with Crippen molar-refractivity contribution in [2.45, 2.75) is 44.1 Å². The minimum Gasteiger partial charge on any atom is -0.496 e. The van der Waals surface area contributed by atoms with Crippen LogP contribution < -0.4 is 4.74 Å². The van der Waals surface area contributed by atoms with Gasteiger partial charge in [0.1, 0.15) is 5.75 Å². The number of aliphatic hydroxyl groups excluding tert-OH is 1. The van der Waals surface area contributed by atoms with Gasteiger partial charge in [0, 0.05) is 24.8 Å². The number of halogens is 6. The summed E-state index contributed by atoms with van der Waals surface area (Å²) in [5.74, 6) is 0.676. The lowest BCUT2D eigenvalue weighted by molar-refractivity contribution is -0.143. The number of aliphatic hydroxyl groups is 1. The van der Waals surface area contributed by atoms with E-state index in [2.05, 4.69) is 4.90 Å². The highest BCUT2D eigenvalue weighted by Crippen LogP contribution is 2.39. The van der Waals surface area contributed by atoms with Gasteiger partial charge >= 0.3 is 12.4 Å². The summed E-state index contributed by atoms with van der Waals surface area (Å²) < 4.78 is 85.0. The lowest BCUT2D eigenvalue weighted by atomic mass is 9.91. The van der Waals surface area contributed by atoms with Crippen molar-refractivity contribution in [3.05, 3.63) is 64.7 Å². The van der Waals surface area contributed by atoms with Gasteiger partial charge < -0.3 is 9.84 Å². The molecule has 2 atom stereocenters. The second-order valence-corrected chi connectivity index (χ2v) is 8.40. The normalized spacial score (nSPS) is 18.8. The molecular formula is C24H27F6NO2. The minimum absolute atomic E-state index is 0.0206. The maximum Gasteiger partial charge on any atom is 0.416 e. The van der Waals surface area contributed by atoms with Crippen molar-refractivity contribution in [3.8, 4) is 5.75 Å². The molecule has 33 heavy (non-hydrogen) atoms. The smallest absolute Gasteiger partial charge is 0.416 e. The summed E-state index contributed by atoms with van der Waals surface area (Å²) >= 11 is 0. The van der Waals surface area contributed by atoms with Gasteiger partial charge in [0.25, 0.3) is 0 Å². The van der Waals surface area contributed by atoms with E-state index in [1.54, 1.807) is 12.1 Å². The molecule has 0 spiro atoms.